The maximum absolute atomic E-state index is 11.3. The van der Waals surface area contributed by atoms with Crippen molar-refractivity contribution < 1.29 is 29.3 Å². The summed E-state index contributed by atoms with van der Waals surface area (Å²) in [5.74, 6) is -3.25. The SMILES string of the molecule is C[C@@H](OC(=O)[C@@H](N)CCC(=O)O)[C@H](N)C(=O)O. The zero-order valence-corrected chi connectivity index (χ0v) is 9.33. The molecule has 98 valence electrons. The fraction of sp³-hybridized carbons (Fsp3) is 0.667. The number of hydrogen-bond acceptors (Lipinski definition) is 6. The van der Waals surface area contributed by atoms with E-state index in [9.17, 15) is 14.4 Å². The number of carbonyl (C=O) groups is 3. The molecule has 0 saturated heterocycles. The predicted molar refractivity (Wildman–Crippen MR) is 56.0 cm³/mol. The first-order valence-corrected chi connectivity index (χ1v) is 4.92. The van der Waals surface area contributed by atoms with Crippen LogP contribution in [-0.4, -0.2) is 46.3 Å². The van der Waals surface area contributed by atoms with Gasteiger partial charge in [-0.3, -0.25) is 14.4 Å². The van der Waals surface area contributed by atoms with Crippen LogP contribution in [0.4, 0.5) is 0 Å². The minimum absolute atomic E-state index is 0.0802. The molecule has 0 aliphatic rings. The summed E-state index contributed by atoms with van der Waals surface area (Å²) in [7, 11) is 0. The minimum atomic E-state index is -1.34. The Bertz CT molecular complexity index is 306. The van der Waals surface area contributed by atoms with Gasteiger partial charge in [-0.25, -0.2) is 0 Å². The lowest BCUT2D eigenvalue weighted by molar-refractivity contribution is -0.154. The first kappa shape index (κ1) is 15.3. The lowest BCUT2D eigenvalue weighted by Crippen LogP contribution is -2.45. The number of rotatable bonds is 7. The molecule has 0 aromatic heterocycles. The normalized spacial score (nSPS) is 15.7. The van der Waals surface area contributed by atoms with E-state index in [0.29, 0.717) is 0 Å². The highest BCUT2D eigenvalue weighted by atomic mass is 16.5. The second kappa shape index (κ2) is 6.81. The first-order chi connectivity index (χ1) is 7.75. The Labute approximate surface area is 97.5 Å². The number of ether oxygens (including phenoxy) is 1. The maximum Gasteiger partial charge on any atom is 0.324 e. The standard InChI is InChI=1S/C9H16N2O6/c1-4(7(11)8(14)15)17-9(16)5(10)2-3-6(12)13/h4-5,7H,2-3,10-11H2,1H3,(H,12,13)(H,14,15)/t4-,5+,7+/m1/s1. The number of carboxylic acid groups (broad SMARTS) is 2. The van der Waals surface area contributed by atoms with Gasteiger partial charge in [-0.05, 0) is 13.3 Å². The fourth-order valence-electron chi connectivity index (χ4n) is 0.942. The molecule has 0 aliphatic heterocycles. The molecule has 0 fully saturated rings. The predicted octanol–water partition coefficient (Wildman–Crippen LogP) is -1.48. The van der Waals surface area contributed by atoms with Crippen LogP contribution >= 0.6 is 0 Å². The summed E-state index contributed by atoms with van der Waals surface area (Å²) in [6, 6.07) is -2.44. The first-order valence-electron chi connectivity index (χ1n) is 4.92. The van der Waals surface area contributed by atoms with Crippen molar-refractivity contribution >= 4 is 17.9 Å². The summed E-state index contributed by atoms with van der Waals surface area (Å²) in [6.45, 7) is 1.32. The molecular weight excluding hydrogens is 232 g/mol. The molecule has 0 bridgehead atoms. The van der Waals surface area contributed by atoms with Gasteiger partial charge in [-0.15, -0.1) is 0 Å². The van der Waals surface area contributed by atoms with Crippen molar-refractivity contribution in [2.75, 3.05) is 0 Å². The zero-order chi connectivity index (χ0) is 13.6. The van der Waals surface area contributed by atoms with E-state index in [4.69, 9.17) is 26.4 Å². The van der Waals surface area contributed by atoms with Crippen LogP contribution in [0.15, 0.2) is 0 Å². The topological polar surface area (TPSA) is 153 Å². The van der Waals surface area contributed by atoms with Gasteiger partial charge in [0, 0.05) is 6.42 Å². The van der Waals surface area contributed by atoms with Gasteiger partial charge in [0.05, 0.1) is 0 Å². The Morgan fingerprint density at radius 1 is 1.24 bits per heavy atom. The van der Waals surface area contributed by atoms with E-state index in [1.54, 1.807) is 0 Å². The van der Waals surface area contributed by atoms with Crippen molar-refractivity contribution in [3.05, 3.63) is 0 Å². The minimum Gasteiger partial charge on any atom is -0.481 e. The zero-order valence-electron chi connectivity index (χ0n) is 9.33. The van der Waals surface area contributed by atoms with Crippen LogP contribution in [0.2, 0.25) is 0 Å². The van der Waals surface area contributed by atoms with E-state index in [1.165, 1.54) is 6.92 Å². The van der Waals surface area contributed by atoms with Gasteiger partial charge in [0.25, 0.3) is 0 Å². The van der Waals surface area contributed by atoms with E-state index in [0.717, 1.165) is 0 Å². The quantitative estimate of drug-likeness (QED) is 0.398. The molecule has 0 aromatic carbocycles. The van der Waals surface area contributed by atoms with Gasteiger partial charge in [0.15, 0.2) is 0 Å². The van der Waals surface area contributed by atoms with Crippen molar-refractivity contribution in [3.8, 4) is 0 Å². The van der Waals surface area contributed by atoms with Crippen molar-refractivity contribution in [2.45, 2.75) is 38.0 Å². The van der Waals surface area contributed by atoms with Gasteiger partial charge >= 0.3 is 17.9 Å². The third-order valence-corrected chi connectivity index (χ3v) is 2.06. The highest BCUT2D eigenvalue weighted by Crippen LogP contribution is 2.03. The number of esters is 1. The molecule has 0 radical (unpaired) electrons. The van der Waals surface area contributed by atoms with Gasteiger partial charge in [-0.2, -0.15) is 0 Å². The Balaban J connectivity index is 4.15. The lowest BCUT2D eigenvalue weighted by Gasteiger charge is -2.19. The van der Waals surface area contributed by atoms with Gasteiger partial charge < -0.3 is 26.4 Å². The lowest BCUT2D eigenvalue weighted by atomic mass is 10.1. The van der Waals surface area contributed by atoms with Crippen LogP contribution in [-0.2, 0) is 19.1 Å². The number of carbonyl (C=O) groups excluding carboxylic acids is 1. The molecule has 3 atom stereocenters. The Morgan fingerprint density at radius 2 is 1.76 bits per heavy atom. The van der Waals surface area contributed by atoms with E-state index in [-0.39, 0.29) is 12.8 Å². The smallest absolute Gasteiger partial charge is 0.324 e. The second-order valence-electron chi connectivity index (χ2n) is 3.54. The Hall–Kier alpha value is -1.67. The van der Waals surface area contributed by atoms with Crippen LogP contribution in [0.25, 0.3) is 0 Å². The van der Waals surface area contributed by atoms with E-state index in [2.05, 4.69) is 0 Å². The largest absolute Gasteiger partial charge is 0.481 e. The van der Waals surface area contributed by atoms with Crippen molar-refractivity contribution in [3.63, 3.8) is 0 Å². The van der Waals surface area contributed by atoms with Crippen LogP contribution in [0.5, 0.6) is 0 Å². The number of nitrogens with two attached hydrogens (primary N) is 2. The van der Waals surface area contributed by atoms with Crippen LogP contribution in [0.3, 0.4) is 0 Å². The van der Waals surface area contributed by atoms with Crippen molar-refractivity contribution in [1.82, 2.24) is 0 Å². The summed E-state index contributed by atoms with van der Waals surface area (Å²) in [4.78, 5) is 32.0. The molecule has 0 aromatic rings. The van der Waals surface area contributed by atoms with E-state index in [1.807, 2.05) is 0 Å². The monoisotopic (exact) mass is 248 g/mol. The third kappa shape index (κ3) is 5.83. The number of aliphatic carboxylic acids is 2. The summed E-state index contributed by atoms with van der Waals surface area (Å²) in [5.41, 5.74) is 10.6. The average Bonchev–Trinajstić information content (AvgIpc) is 2.24. The Morgan fingerprint density at radius 3 is 2.18 bits per heavy atom. The molecule has 8 heteroatoms. The van der Waals surface area contributed by atoms with Crippen LogP contribution in [0.1, 0.15) is 19.8 Å². The molecular formula is C9H16N2O6. The molecule has 0 amide bonds. The van der Waals surface area contributed by atoms with E-state index >= 15 is 0 Å². The molecule has 6 N–H and O–H groups in total. The molecule has 0 rings (SSSR count). The van der Waals surface area contributed by atoms with Crippen molar-refractivity contribution in [2.24, 2.45) is 11.5 Å². The Kier molecular flexibility index (Phi) is 6.15. The highest BCUT2D eigenvalue weighted by molar-refractivity contribution is 5.78. The van der Waals surface area contributed by atoms with Crippen molar-refractivity contribution in [1.29, 1.82) is 0 Å². The summed E-state index contributed by atoms with van der Waals surface area (Å²) >= 11 is 0. The second-order valence-corrected chi connectivity index (χ2v) is 3.54. The molecule has 8 nitrogen and oxygen atoms in total. The molecule has 0 aliphatic carbocycles. The molecule has 17 heavy (non-hydrogen) atoms. The summed E-state index contributed by atoms with van der Waals surface area (Å²) < 4.78 is 4.70. The summed E-state index contributed by atoms with van der Waals surface area (Å²) in [5, 5.41) is 16.9. The van der Waals surface area contributed by atoms with E-state index < -0.39 is 36.1 Å². The number of hydrogen-bond donors (Lipinski definition) is 4. The third-order valence-electron chi connectivity index (χ3n) is 2.06. The average molecular weight is 248 g/mol. The maximum atomic E-state index is 11.3. The molecule has 0 unspecified atom stereocenters. The highest BCUT2D eigenvalue weighted by Gasteiger charge is 2.26. The summed E-state index contributed by atoms with van der Waals surface area (Å²) in [6.07, 6.45) is -1.38. The van der Waals surface area contributed by atoms with Gasteiger partial charge in [0.1, 0.15) is 18.2 Å². The molecule has 0 saturated carbocycles. The van der Waals surface area contributed by atoms with Crippen LogP contribution in [0, 0.1) is 0 Å². The molecule has 0 spiro atoms. The van der Waals surface area contributed by atoms with Crippen LogP contribution < -0.4 is 11.5 Å². The number of carboxylic acids is 2. The van der Waals surface area contributed by atoms with Gasteiger partial charge in [-0.1, -0.05) is 0 Å². The van der Waals surface area contributed by atoms with Gasteiger partial charge in [0.2, 0.25) is 0 Å². The molecule has 0 heterocycles. The fourth-order valence-corrected chi connectivity index (χ4v) is 0.942.